The van der Waals surface area contributed by atoms with Crippen LogP contribution in [0, 0.1) is 17.0 Å². The van der Waals surface area contributed by atoms with Gasteiger partial charge in [-0.3, -0.25) is 4.79 Å². The number of halogens is 2. The molecule has 0 aliphatic heterocycles. The molecule has 5 nitrogen and oxygen atoms in total. The van der Waals surface area contributed by atoms with Gasteiger partial charge in [0.2, 0.25) is 5.78 Å². The highest BCUT2D eigenvalue weighted by molar-refractivity contribution is 6.49. The summed E-state index contributed by atoms with van der Waals surface area (Å²) in [5, 5.41) is 17.3. The van der Waals surface area contributed by atoms with Gasteiger partial charge in [0.05, 0.1) is 16.9 Å². The first-order valence-electron chi connectivity index (χ1n) is 8.73. The summed E-state index contributed by atoms with van der Waals surface area (Å²) >= 11 is 0. The summed E-state index contributed by atoms with van der Waals surface area (Å²) in [5.74, 6) is -1.21. The molecule has 0 radical (unpaired) electrons. The monoisotopic (exact) mass is 381 g/mol. The maximum Gasteiger partial charge on any atom is 0.215 e. The van der Waals surface area contributed by atoms with Crippen LogP contribution in [0.2, 0.25) is 0 Å². The van der Waals surface area contributed by atoms with Crippen LogP contribution in [0.5, 0.6) is 0 Å². The zero-order chi connectivity index (χ0) is 20.1. The number of oxime groups is 1. The van der Waals surface area contributed by atoms with E-state index in [-0.39, 0.29) is 11.5 Å². The molecule has 1 aliphatic carbocycles. The van der Waals surface area contributed by atoms with Gasteiger partial charge in [0.15, 0.2) is 0 Å². The lowest BCUT2D eigenvalue weighted by Gasteiger charge is -2.29. The molecule has 0 unspecified atom stereocenters. The highest BCUT2D eigenvalue weighted by atomic mass is 19.1. The van der Waals surface area contributed by atoms with E-state index >= 15 is 0 Å². The summed E-state index contributed by atoms with van der Waals surface area (Å²) in [4.78, 5) is 13.1. The zero-order valence-corrected chi connectivity index (χ0v) is 15.3. The van der Waals surface area contributed by atoms with E-state index < -0.39 is 17.0 Å². The number of carbonyl (C=O) groups excluding carboxylic acids is 1. The maximum absolute atomic E-state index is 13.4. The Morgan fingerprint density at radius 2 is 1.61 bits per heavy atom. The van der Waals surface area contributed by atoms with Crippen molar-refractivity contribution in [2.75, 3.05) is 0 Å². The minimum atomic E-state index is -0.712. The van der Waals surface area contributed by atoms with Crippen LogP contribution in [0.15, 0.2) is 53.7 Å². The average Bonchev–Trinajstić information content (AvgIpc) is 3.01. The van der Waals surface area contributed by atoms with Crippen molar-refractivity contribution >= 4 is 11.5 Å². The third-order valence-corrected chi connectivity index (χ3v) is 4.96. The fraction of sp³-hybridized carbons (Fsp3) is 0.190. The predicted octanol–water partition coefficient (Wildman–Crippen LogP) is 4.41. The second kappa shape index (κ2) is 6.37. The van der Waals surface area contributed by atoms with Crippen molar-refractivity contribution < 1.29 is 18.8 Å². The number of benzene rings is 2. The molecule has 0 fully saturated rings. The molecule has 0 atom stereocenters. The summed E-state index contributed by atoms with van der Waals surface area (Å²) in [6.45, 7) is 3.62. The summed E-state index contributed by atoms with van der Waals surface area (Å²) in [5.41, 5.74) is 1.79. The molecule has 0 saturated carbocycles. The standard InChI is InChI=1S/C21H17F2N3O2/c1-21(2)11-16-17(19(27)20(21)25-28)18(12-3-5-13(22)6-4-12)24-26(16)15-9-7-14(23)8-10-15/h3-10,28H,11H2,1-2H3/b25-20+. The second-order valence-electron chi connectivity index (χ2n) is 7.40. The van der Waals surface area contributed by atoms with Gasteiger partial charge in [-0.25, -0.2) is 13.5 Å². The fourth-order valence-corrected chi connectivity index (χ4v) is 3.57. The molecule has 2 aromatic carbocycles. The number of hydrogen-bond acceptors (Lipinski definition) is 4. The van der Waals surface area contributed by atoms with Crippen LogP contribution in [0.1, 0.15) is 29.9 Å². The van der Waals surface area contributed by atoms with E-state index in [1.54, 1.807) is 16.8 Å². The van der Waals surface area contributed by atoms with Gasteiger partial charge in [-0.15, -0.1) is 0 Å². The largest absolute Gasteiger partial charge is 0.411 e. The molecule has 1 aromatic heterocycles. The lowest BCUT2D eigenvalue weighted by Crippen LogP contribution is -2.39. The number of rotatable bonds is 2. The van der Waals surface area contributed by atoms with Crippen molar-refractivity contribution in [2.24, 2.45) is 10.6 Å². The molecule has 0 amide bonds. The Kier molecular flexibility index (Phi) is 4.10. The van der Waals surface area contributed by atoms with Gasteiger partial charge in [0, 0.05) is 17.4 Å². The quantitative estimate of drug-likeness (QED) is 0.528. The van der Waals surface area contributed by atoms with E-state index in [0.717, 1.165) is 0 Å². The molecular weight excluding hydrogens is 364 g/mol. The number of carbonyl (C=O) groups is 1. The number of ketones is 1. The Balaban J connectivity index is 2.00. The molecule has 1 heterocycles. The smallest absolute Gasteiger partial charge is 0.215 e. The lowest BCUT2D eigenvalue weighted by molar-refractivity contribution is 0.104. The van der Waals surface area contributed by atoms with Gasteiger partial charge in [0.25, 0.3) is 0 Å². The first-order chi connectivity index (χ1) is 13.3. The summed E-state index contributed by atoms with van der Waals surface area (Å²) in [7, 11) is 0. The van der Waals surface area contributed by atoms with Crippen LogP contribution in [-0.2, 0) is 6.42 Å². The Hall–Kier alpha value is -3.35. The predicted molar refractivity (Wildman–Crippen MR) is 100.0 cm³/mol. The zero-order valence-electron chi connectivity index (χ0n) is 15.3. The van der Waals surface area contributed by atoms with Crippen molar-refractivity contribution in [3.8, 4) is 16.9 Å². The first kappa shape index (κ1) is 18.0. The molecular formula is C21H17F2N3O2. The van der Waals surface area contributed by atoms with Crippen molar-refractivity contribution in [2.45, 2.75) is 20.3 Å². The normalized spacial score (nSPS) is 17.0. The van der Waals surface area contributed by atoms with E-state index in [0.29, 0.717) is 34.6 Å². The van der Waals surface area contributed by atoms with E-state index in [4.69, 9.17) is 0 Å². The van der Waals surface area contributed by atoms with Gasteiger partial charge >= 0.3 is 0 Å². The SMILES string of the molecule is CC1(C)Cc2c(c(-c3ccc(F)cc3)nn2-c2ccc(F)cc2)C(=O)/C1=N\O. The second-order valence-corrected chi connectivity index (χ2v) is 7.40. The molecule has 1 aliphatic rings. The fourth-order valence-electron chi connectivity index (χ4n) is 3.57. The number of hydrogen-bond donors (Lipinski definition) is 1. The van der Waals surface area contributed by atoms with Gasteiger partial charge in [0.1, 0.15) is 23.0 Å². The molecule has 0 spiro atoms. The highest BCUT2D eigenvalue weighted by Gasteiger charge is 2.43. The van der Waals surface area contributed by atoms with Crippen molar-refractivity contribution in [3.63, 3.8) is 0 Å². The van der Waals surface area contributed by atoms with Crippen LogP contribution < -0.4 is 0 Å². The number of fused-ring (bicyclic) bond motifs is 1. The number of aromatic nitrogens is 2. The Morgan fingerprint density at radius 3 is 2.18 bits per heavy atom. The van der Waals surface area contributed by atoms with Crippen molar-refractivity contribution in [1.29, 1.82) is 0 Å². The maximum atomic E-state index is 13.4. The highest BCUT2D eigenvalue weighted by Crippen LogP contribution is 2.38. The summed E-state index contributed by atoms with van der Waals surface area (Å²) in [6.07, 6.45) is 0.388. The third kappa shape index (κ3) is 2.79. The Labute approximate surface area is 159 Å². The molecule has 3 aromatic rings. The topological polar surface area (TPSA) is 67.5 Å². The first-order valence-corrected chi connectivity index (χ1v) is 8.73. The third-order valence-electron chi connectivity index (χ3n) is 4.96. The van der Waals surface area contributed by atoms with E-state index in [2.05, 4.69) is 10.3 Å². The van der Waals surface area contributed by atoms with Gasteiger partial charge in [-0.2, -0.15) is 5.10 Å². The van der Waals surface area contributed by atoms with Crippen molar-refractivity contribution in [3.05, 3.63) is 71.4 Å². The minimum absolute atomic E-state index is 0.0435. The van der Waals surface area contributed by atoms with Crippen LogP contribution in [0.4, 0.5) is 8.78 Å². The molecule has 142 valence electrons. The number of nitrogens with zero attached hydrogens (tertiary/aromatic N) is 3. The minimum Gasteiger partial charge on any atom is -0.411 e. The van der Waals surface area contributed by atoms with Crippen LogP contribution in [-0.4, -0.2) is 26.5 Å². The van der Waals surface area contributed by atoms with E-state index in [1.807, 2.05) is 13.8 Å². The van der Waals surface area contributed by atoms with Crippen LogP contribution in [0.3, 0.4) is 0 Å². The summed E-state index contributed by atoms with van der Waals surface area (Å²) < 4.78 is 28.3. The molecule has 28 heavy (non-hydrogen) atoms. The van der Waals surface area contributed by atoms with E-state index in [1.165, 1.54) is 36.4 Å². The number of Topliss-reactive ketones (excluding diaryl/α,β-unsaturated/α-hetero) is 1. The van der Waals surface area contributed by atoms with Crippen LogP contribution >= 0.6 is 0 Å². The van der Waals surface area contributed by atoms with Gasteiger partial charge in [-0.1, -0.05) is 19.0 Å². The van der Waals surface area contributed by atoms with E-state index in [9.17, 15) is 18.8 Å². The van der Waals surface area contributed by atoms with Crippen LogP contribution in [0.25, 0.3) is 16.9 Å². The van der Waals surface area contributed by atoms with Gasteiger partial charge < -0.3 is 5.21 Å². The van der Waals surface area contributed by atoms with Gasteiger partial charge in [-0.05, 0) is 48.5 Å². The molecule has 7 heteroatoms. The lowest BCUT2D eigenvalue weighted by atomic mass is 9.73. The average molecular weight is 381 g/mol. The Morgan fingerprint density at radius 1 is 1.04 bits per heavy atom. The summed E-state index contributed by atoms with van der Waals surface area (Å²) in [6, 6.07) is 11.4. The molecule has 4 rings (SSSR count). The Bertz CT molecular complexity index is 1100. The molecule has 0 saturated heterocycles. The van der Waals surface area contributed by atoms with Crippen molar-refractivity contribution in [1.82, 2.24) is 9.78 Å². The molecule has 0 bridgehead atoms. The molecule has 1 N–H and O–H groups in total.